The van der Waals surface area contributed by atoms with Gasteiger partial charge in [-0.25, -0.2) is 4.90 Å². The van der Waals surface area contributed by atoms with Gasteiger partial charge in [-0.3, -0.25) is 14.4 Å². The van der Waals surface area contributed by atoms with E-state index >= 15 is 0 Å². The second-order valence-corrected chi connectivity index (χ2v) is 8.40. The number of amides is 3. The van der Waals surface area contributed by atoms with Crippen LogP contribution in [0.15, 0.2) is 60.3 Å². The number of nitrogens with zero attached hydrogens (tertiary/aromatic N) is 2. The molecule has 0 aliphatic carbocycles. The lowest BCUT2D eigenvalue weighted by molar-refractivity contribution is -0.121. The molecule has 2 aromatic carbocycles. The summed E-state index contributed by atoms with van der Waals surface area (Å²) in [5, 5.41) is 2.90. The molecule has 0 atom stereocenters. The van der Waals surface area contributed by atoms with Gasteiger partial charge in [0.2, 0.25) is 0 Å². The van der Waals surface area contributed by atoms with E-state index < -0.39 is 0 Å². The summed E-state index contributed by atoms with van der Waals surface area (Å²) in [5.74, 6) is -0.190. The number of aryl methyl sites for hydroxylation is 1. The minimum atomic E-state index is -0.338. The van der Waals surface area contributed by atoms with Gasteiger partial charge in [0, 0.05) is 31.3 Å². The SMILES string of the molecule is Cc1cccc(CNC(=O)c2ccc(N3C(=O)C=C(N4CCC(C)CC4)C3=O)cc2)c1. The molecule has 0 spiro atoms. The molecule has 6 heteroatoms. The summed E-state index contributed by atoms with van der Waals surface area (Å²) < 4.78 is 0. The number of carbonyl (C=O) groups is 3. The van der Waals surface area contributed by atoms with E-state index in [2.05, 4.69) is 12.2 Å². The van der Waals surface area contributed by atoms with Crippen molar-refractivity contribution in [2.45, 2.75) is 33.2 Å². The van der Waals surface area contributed by atoms with Crippen molar-refractivity contribution in [2.24, 2.45) is 5.92 Å². The molecule has 2 aromatic rings. The molecule has 4 rings (SSSR count). The summed E-state index contributed by atoms with van der Waals surface area (Å²) in [6, 6.07) is 14.5. The summed E-state index contributed by atoms with van der Waals surface area (Å²) in [6.45, 7) is 6.24. The van der Waals surface area contributed by atoms with E-state index in [4.69, 9.17) is 0 Å². The fraction of sp³-hybridized carbons (Fsp3) is 0.320. The number of hydrogen-bond acceptors (Lipinski definition) is 4. The molecule has 2 heterocycles. The van der Waals surface area contributed by atoms with Crippen molar-refractivity contribution < 1.29 is 14.4 Å². The number of imide groups is 1. The lowest BCUT2D eigenvalue weighted by Gasteiger charge is -2.32. The third-order valence-electron chi connectivity index (χ3n) is 5.95. The van der Waals surface area contributed by atoms with Gasteiger partial charge in [0.25, 0.3) is 17.7 Å². The van der Waals surface area contributed by atoms with E-state index in [1.807, 2.05) is 36.1 Å². The second-order valence-electron chi connectivity index (χ2n) is 8.40. The van der Waals surface area contributed by atoms with Gasteiger partial charge in [-0.05, 0) is 55.5 Å². The van der Waals surface area contributed by atoms with Gasteiger partial charge < -0.3 is 10.2 Å². The monoisotopic (exact) mass is 417 g/mol. The summed E-state index contributed by atoms with van der Waals surface area (Å²) >= 11 is 0. The Bertz CT molecular complexity index is 1030. The molecular weight excluding hydrogens is 390 g/mol. The average molecular weight is 418 g/mol. The smallest absolute Gasteiger partial charge is 0.281 e. The first-order valence-corrected chi connectivity index (χ1v) is 10.7. The number of piperidine rings is 1. The summed E-state index contributed by atoms with van der Waals surface area (Å²) in [7, 11) is 0. The molecule has 0 radical (unpaired) electrons. The van der Waals surface area contributed by atoms with Crippen LogP contribution in [0.25, 0.3) is 0 Å². The van der Waals surface area contributed by atoms with Gasteiger partial charge in [0.1, 0.15) is 5.70 Å². The van der Waals surface area contributed by atoms with Gasteiger partial charge in [-0.15, -0.1) is 0 Å². The maximum atomic E-state index is 12.9. The van der Waals surface area contributed by atoms with Crippen LogP contribution in [0.5, 0.6) is 0 Å². The summed E-state index contributed by atoms with van der Waals surface area (Å²) in [5.41, 5.74) is 3.60. The molecule has 2 aliphatic rings. The molecule has 31 heavy (non-hydrogen) atoms. The Hall–Kier alpha value is -3.41. The lowest BCUT2D eigenvalue weighted by atomic mass is 9.99. The number of rotatable bonds is 5. The topological polar surface area (TPSA) is 69.7 Å². The number of hydrogen-bond donors (Lipinski definition) is 1. The van der Waals surface area contributed by atoms with Crippen molar-refractivity contribution in [3.63, 3.8) is 0 Å². The largest absolute Gasteiger partial charge is 0.367 e. The van der Waals surface area contributed by atoms with Crippen molar-refractivity contribution >= 4 is 23.4 Å². The fourth-order valence-corrected chi connectivity index (χ4v) is 4.05. The number of carbonyl (C=O) groups excluding carboxylic acids is 3. The fourth-order valence-electron chi connectivity index (χ4n) is 4.05. The maximum Gasteiger partial charge on any atom is 0.281 e. The van der Waals surface area contributed by atoms with Crippen LogP contribution in [0.2, 0.25) is 0 Å². The van der Waals surface area contributed by atoms with Crippen molar-refractivity contribution in [2.75, 3.05) is 18.0 Å². The zero-order valence-corrected chi connectivity index (χ0v) is 17.9. The Morgan fingerprint density at radius 2 is 1.77 bits per heavy atom. The van der Waals surface area contributed by atoms with E-state index in [-0.39, 0.29) is 17.7 Å². The van der Waals surface area contributed by atoms with Crippen molar-refractivity contribution in [3.05, 3.63) is 77.0 Å². The first-order valence-electron chi connectivity index (χ1n) is 10.7. The predicted molar refractivity (Wildman–Crippen MR) is 119 cm³/mol. The van der Waals surface area contributed by atoms with E-state index in [1.165, 1.54) is 11.0 Å². The van der Waals surface area contributed by atoms with Crippen molar-refractivity contribution in [1.82, 2.24) is 10.2 Å². The van der Waals surface area contributed by atoms with Gasteiger partial charge in [0.05, 0.1) is 5.69 Å². The van der Waals surface area contributed by atoms with Crippen LogP contribution in [-0.4, -0.2) is 35.7 Å². The standard InChI is InChI=1S/C25H27N3O3/c1-17-10-12-27(13-11-17)22-15-23(29)28(25(22)31)21-8-6-20(7-9-21)24(30)26-16-19-5-3-4-18(2)14-19/h3-9,14-15,17H,10-13,16H2,1-2H3,(H,26,30). The Labute approximate surface area is 182 Å². The van der Waals surface area contributed by atoms with Crippen LogP contribution in [0.3, 0.4) is 0 Å². The summed E-state index contributed by atoms with van der Waals surface area (Å²) in [4.78, 5) is 41.1. The Balaban J connectivity index is 1.40. The van der Waals surface area contributed by atoms with Crippen LogP contribution >= 0.6 is 0 Å². The van der Waals surface area contributed by atoms with Gasteiger partial charge >= 0.3 is 0 Å². The zero-order chi connectivity index (χ0) is 22.0. The number of likely N-dealkylation sites (tertiary alicyclic amines) is 1. The highest BCUT2D eigenvalue weighted by atomic mass is 16.2. The molecule has 1 fully saturated rings. The maximum absolute atomic E-state index is 12.9. The highest BCUT2D eigenvalue weighted by Crippen LogP contribution is 2.27. The van der Waals surface area contributed by atoms with E-state index in [0.717, 1.165) is 37.1 Å². The molecular formula is C25H27N3O3. The zero-order valence-electron chi connectivity index (χ0n) is 17.9. The molecule has 6 nitrogen and oxygen atoms in total. The lowest BCUT2D eigenvalue weighted by Crippen LogP contribution is -2.38. The Morgan fingerprint density at radius 3 is 2.45 bits per heavy atom. The normalized spacial score (nSPS) is 17.2. The highest BCUT2D eigenvalue weighted by Gasteiger charge is 2.36. The predicted octanol–water partition coefficient (Wildman–Crippen LogP) is 3.41. The molecule has 1 saturated heterocycles. The van der Waals surface area contributed by atoms with Crippen LogP contribution in [0.1, 0.15) is 41.3 Å². The van der Waals surface area contributed by atoms with Crippen LogP contribution in [0.4, 0.5) is 5.69 Å². The molecule has 3 amide bonds. The van der Waals surface area contributed by atoms with Crippen molar-refractivity contribution in [1.29, 1.82) is 0 Å². The Morgan fingerprint density at radius 1 is 1.06 bits per heavy atom. The number of anilines is 1. The van der Waals surface area contributed by atoms with Crippen LogP contribution in [-0.2, 0) is 16.1 Å². The van der Waals surface area contributed by atoms with E-state index in [9.17, 15) is 14.4 Å². The Kier molecular flexibility index (Phi) is 5.89. The average Bonchev–Trinajstić information content (AvgIpc) is 3.06. The second kappa shape index (κ2) is 8.76. The number of nitrogens with one attached hydrogen (secondary N) is 1. The van der Waals surface area contributed by atoms with Gasteiger partial charge in [-0.1, -0.05) is 36.8 Å². The van der Waals surface area contributed by atoms with Crippen LogP contribution in [0, 0.1) is 12.8 Å². The minimum Gasteiger partial charge on any atom is -0.367 e. The molecule has 0 aromatic heterocycles. The highest BCUT2D eigenvalue weighted by molar-refractivity contribution is 6.30. The molecule has 0 bridgehead atoms. The van der Waals surface area contributed by atoms with Crippen molar-refractivity contribution in [3.8, 4) is 0 Å². The quantitative estimate of drug-likeness (QED) is 0.757. The summed E-state index contributed by atoms with van der Waals surface area (Å²) in [6.07, 6.45) is 3.47. The first kappa shape index (κ1) is 20.8. The van der Waals surface area contributed by atoms with Gasteiger partial charge in [0.15, 0.2) is 0 Å². The van der Waals surface area contributed by atoms with E-state index in [1.54, 1.807) is 24.3 Å². The van der Waals surface area contributed by atoms with Gasteiger partial charge in [-0.2, -0.15) is 0 Å². The molecule has 0 unspecified atom stereocenters. The molecule has 1 N–H and O–H groups in total. The third kappa shape index (κ3) is 4.53. The molecule has 2 aliphatic heterocycles. The number of benzene rings is 2. The first-order chi connectivity index (χ1) is 14.9. The minimum absolute atomic E-state index is 0.201. The molecule has 160 valence electrons. The third-order valence-corrected chi connectivity index (χ3v) is 5.95. The van der Waals surface area contributed by atoms with Crippen LogP contribution < -0.4 is 10.2 Å². The molecule has 0 saturated carbocycles. The van der Waals surface area contributed by atoms with E-state index in [0.29, 0.717) is 29.4 Å².